The van der Waals surface area contributed by atoms with Gasteiger partial charge >= 0.3 is 0 Å². The molecular weight excluding hydrogens is 348 g/mol. The lowest BCUT2D eigenvalue weighted by molar-refractivity contribution is 0.519. The Labute approximate surface area is 165 Å². The molecule has 26 heavy (non-hydrogen) atoms. The van der Waals surface area contributed by atoms with Gasteiger partial charge in [0.1, 0.15) is 10.5 Å². The van der Waals surface area contributed by atoms with Gasteiger partial charge in [-0.1, -0.05) is 102 Å². The molecule has 0 aliphatic heterocycles. The van der Waals surface area contributed by atoms with E-state index in [1.807, 2.05) is 0 Å². The summed E-state index contributed by atoms with van der Waals surface area (Å²) >= 11 is 0. The molecule has 0 N–H and O–H groups in total. The van der Waals surface area contributed by atoms with Crippen LogP contribution in [0.2, 0.25) is 16.6 Å². The summed E-state index contributed by atoms with van der Waals surface area (Å²) < 4.78 is 6.00. The molecule has 2 rings (SSSR count). The molecule has 144 valence electrons. The van der Waals surface area contributed by atoms with Crippen molar-refractivity contribution in [1.82, 2.24) is 0 Å². The lowest BCUT2D eigenvalue weighted by atomic mass is 10.0. The Balaban J connectivity index is 0.000000265. The Bertz CT molecular complexity index is 533. The predicted molar refractivity (Wildman–Crippen MR) is 122 cm³/mol. The van der Waals surface area contributed by atoms with Gasteiger partial charge in [0.15, 0.2) is 8.32 Å². The highest BCUT2D eigenvalue weighted by Gasteiger charge is 2.43. The van der Waals surface area contributed by atoms with Gasteiger partial charge in [-0.15, -0.1) is 0 Å². The molecule has 0 fully saturated rings. The smallest absolute Gasteiger partial charge is 0.186 e. The van der Waals surface area contributed by atoms with E-state index in [1.165, 1.54) is 11.1 Å². The molecule has 2 aromatic carbocycles. The second-order valence-electron chi connectivity index (χ2n) is 7.99. The largest absolute Gasteiger partial charge is 0.463 e. The molecule has 2 aromatic rings. The van der Waals surface area contributed by atoms with E-state index in [2.05, 4.69) is 102 Å². The number of hydrogen-bond donors (Lipinski definition) is 0. The molecule has 0 saturated carbocycles. The summed E-state index contributed by atoms with van der Waals surface area (Å²) in [6.07, 6.45) is 2.26. The summed E-state index contributed by atoms with van der Waals surface area (Å²) in [6, 6.07) is 21.2. The molecule has 0 bridgehead atoms. The van der Waals surface area contributed by atoms with Crippen molar-refractivity contribution in [3.05, 3.63) is 71.8 Å². The van der Waals surface area contributed by atoms with Gasteiger partial charge < -0.3 is 4.12 Å². The van der Waals surface area contributed by atoms with Crippen molar-refractivity contribution in [2.24, 2.45) is 0 Å². The van der Waals surface area contributed by atoms with Crippen LogP contribution in [0.1, 0.15) is 52.7 Å². The van der Waals surface area contributed by atoms with Gasteiger partial charge in [0, 0.05) is 0 Å². The summed E-state index contributed by atoms with van der Waals surface area (Å²) in [5.41, 5.74) is 5.06. The Morgan fingerprint density at radius 1 is 0.654 bits per heavy atom. The Morgan fingerprint density at radius 3 is 1.15 bits per heavy atom. The van der Waals surface area contributed by atoms with E-state index >= 15 is 0 Å². The summed E-state index contributed by atoms with van der Waals surface area (Å²) in [7, 11) is -0.538. The number of aryl methyl sites for hydroxylation is 2. The second-order valence-corrected chi connectivity index (χ2v) is 14.8. The zero-order valence-electron chi connectivity index (χ0n) is 17.8. The van der Waals surface area contributed by atoms with Gasteiger partial charge in [-0.25, -0.2) is 0 Å². The zero-order valence-corrected chi connectivity index (χ0v) is 20.8. The second kappa shape index (κ2) is 11.5. The Morgan fingerprint density at radius 2 is 0.962 bits per heavy atom. The molecule has 0 saturated heterocycles. The third-order valence-electron chi connectivity index (χ3n) is 5.45. The molecule has 0 aromatic heterocycles. The van der Waals surface area contributed by atoms with Crippen LogP contribution in [0.25, 0.3) is 0 Å². The number of rotatable bonds is 7. The zero-order chi connectivity index (χ0) is 19.6. The average Bonchev–Trinajstić information content (AvgIpc) is 2.62. The van der Waals surface area contributed by atoms with Crippen LogP contribution in [0.15, 0.2) is 60.7 Å². The minimum Gasteiger partial charge on any atom is -0.463 e. The molecule has 0 spiro atoms. The van der Waals surface area contributed by atoms with Crippen LogP contribution >= 0.6 is 0 Å². The Kier molecular flexibility index (Phi) is 10.1. The van der Waals surface area contributed by atoms with Crippen molar-refractivity contribution in [2.75, 3.05) is 0 Å². The highest BCUT2D eigenvalue weighted by atomic mass is 28.4. The van der Waals surface area contributed by atoms with Crippen LogP contribution in [0.5, 0.6) is 0 Å². The van der Waals surface area contributed by atoms with E-state index in [9.17, 15) is 0 Å². The van der Waals surface area contributed by atoms with Crippen LogP contribution < -0.4 is 0 Å². The third kappa shape index (κ3) is 6.53. The minimum atomic E-state index is -1.44. The summed E-state index contributed by atoms with van der Waals surface area (Å²) in [4.78, 5) is 0. The molecule has 0 heterocycles. The maximum absolute atomic E-state index is 6.00. The number of hydrogen-bond acceptors (Lipinski definition) is 1. The van der Waals surface area contributed by atoms with Gasteiger partial charge in [-0.2, -0.15) is 0 Å². The number of benzene rings is 2. The topological polar surface area (TPSA) is 9.23 Å². The fourth-order valence-electron chi connectivity index (χ4n) is 4.29. The fourth-order valence-corrected chi connectivity index (χ4v) is 13.9. The summed E-state index contributed by atoms with van der Waals surface area (Å²) in [6.45, 7) is 13.9. The molecule has 1 nitrogen and oxygen atoms in total. The Hall–Kier alpha value is -1.17. The van der Waals surface area contributed by atoms with E-state index in [-0.39, 0.29) is 0 Å². The predicted octanol–water partition coefficient (Wildman–Crippen LogP) is 5.93. The van der Waals surface area contributed by atoms with Crippen molar-refractivity contribution >= 4 is 18.8 Å². The van der Waals surface area contributed by atoms with Crippen LogP contribution in [-0.2, 0) is 17.0 Å². The van der Waals surface area contributed by atoms with E-state index < -0.39 is 8.32 Å². The van der Waals surface area contributed by atoms with Crippen molar-refractivity contribution < 1.29 is 4.12 Å². The van der Waals surface area contributed by atoms with Crippen molar-refractivity contribution in [3.63, 3.8) is 0 Å². The highest BCUT2D eigenvalue weighted by molar-refractivity contribution is 6.79. The first kappa shape index (κ1) is 22.9. The van der Waals surface area contributed by atoms with E-state index in [1.54, 1.807) is 0 Å². The van der Waals surface area contributed by atoms with Gasteiger partial charge in [0.2, 0.25) is 0 Å². The van der Waals surface area contributed by atoms with Crippen molar-refractivity contribution in [1.29, 1.82) is 0 Å². The maximum atomic E-state index is 6.00. The van der Waals surface area contributed by atoms with E-state index in [0.29, 0.717) is 0 Å². The lowest BCUT2D eigenvalue weighted by Crippen LogP contribution is -2.47. The van der Waals surface area contributed by atoms with Crippen LogP contribution in [-0.4, -0.2) is 18.8 Å². The highest BCUT2D eigenvalue weighted by Crippen LogP contribution is 2.41. The van der Waals surface area contributed by atoms with Gasteiger partial charge in [-0.3, -0.25) is 0 Å². The molecule has 0 atom stereocenters. The first-order chi connectivity index (χ1) is 12.3. The third-order valence-corrected chi connectivity index (χ3v) is 13.7. The van der Waals surface area contributed by atoms with Gasteiger partial charge in [0.05, 0.1) is 0 Å². The molecular formula is C23H38OSi2. The fraction of sp³-hybridized carbons (Fsp3) is 0.478. The van der Waals surface area contributed by atoms with E-state index in [4.69, 9.17) is 4.12 Å². The van der Waals surface area contributed by atoms with E-state index in [0.717, 1.165) is 40.0 Å². The molecule has 0 radical (unpaired) electrons. The summed E-state index contributed by atoms with van der Waals surface area (Å²) in [5.74, 6) is 0. The molecule has 0 amide bonds. The monoisotopic (exact) mass is 386 g/mol. The van der Waals surface area contributed by atoms with Crippen LogP contribution in [0.3, 0.4) is 0 Å². The minimum absolute atomic E-state index is 0.745. The van der Waals surface area contributed by atoms with Gasteiger partial charge in [-0.05, 0) is 40.6 Å². The van der Waals surface area contributed by atoms with Crippen LogP contribution in [0.4, 0.5) is 0 Å². The van der Waals surface area contributed by atoms with Crippen LogP contribution in [0, 0.1) is 0 Å². The molecule has 0 aliphatic rings. The molecule has 0 unspecified atom stereocenters. The standard InChI is InChI=1S/C14H14.C9H24OSi2/c1-3-7-13(8-4-1)11-12-14-9-5-2-6-10-14;1-7(2)12(10-11,8(3)4)9(5)6/h1-10H,11-12H2;7-9H,1-6,11H3. The normalized spacial score (nSPS) is 11.7. The average molecular weight is 387 g/mol. The first-order valence-electron chi connectivity index (χ1n) is 9.97. The van der Waals surface area contributed by atoms with Gasteiger partial charge in [0.25, 0.3) is 0 Å². The quantitative estimate of drug-likeness (QED) is 0.536. The van der Waals surface area contributed by atoms with Crippen molar-refractivity contribution in [3.8, 4) is 0 Å². The molecule has 0 aliphatic carbocycles. The lowest BCUT2D eigenvalue weighted by Gasteiger charge is -2.41. The SMILES string of the molecule is CC(C)[Si](O[SiH3])(C(C)C)C(C)C.c1ccc(CCc2ccccc2)cc1. The molecule has 3 heteroatoms. The first-order valence-corrected chi connectivity index (χ1v) is 12.9. The summed E-state index contributed by atoms with van der Waals surface area (Å²) in [5, 5.41) is 0. The maximum Gasteiger partial charge on any atom is 0.186 e. The van der Waals surface area contributed by atoms with Crippen molar-refractivity contribution in [2.45, 2.75) is 71.0 Å².